The zero-order valence-electron chi connectivity index (χ0n) is 9.83. The van der Waals surface area contributed by atoms with Gasteiger partial charge >= 0.3 is 5.97 Å². The summed E-state index contributed by atoms with van der Waals surface area (Å²) in [6.45, 7) is 1.16. The van der Waals surface area contributed by atoms with Crippen molar-refractivity contribution in [2.24, 2.45) is 5.41 Å². The highest BCUT2D eigenvalue weighted by Crippen LogP contribution is 2.46. The molecule has 1 aromatic carbocycles. The van der Waals surface area contributed by atoms with Crippen molar-refractivity contribution in [1.29, 1.82) is 0 Å². The van der Waals surface area contributed by atoms with Gasteiger partial charge in [0.25, 0.3) is 0 Å². The van der Waals surface area contributed by atoms with Crippen LogP contribution in [0.4, 0.5) is 4.39 Å². The summed E-state index contributed by atoms with van der Waals surface area (Å²) in [6, 6.07) is 6.44. The maximum absolute atomic E-state index is 12.9. The molecule has 4 heteroatoms. The molecule has 0 heterocycles. The SMILES string of the molecule is COC(=O)C1(CNCc2cccc(F)c2)CC1. The van der Waals surface area contributed by atoms with Crippen molar-refractivity contribution in [2.45, 2.75) is 19.4 Å². The maximum Gasteiger partial charge on any atom is 0.313 e. The van der Waals surface area contributed by atoms with Gasteiger partial charge in [0.15, 0.2) is 0 Å². The summed E-state index contributed by atoms with van der Waals surface area (Å²) in [5, 5.41) is 3.18. The maximum atomic E-state index is 12.9. The summed E-state index contributed by atoms with van der Waals surface area (Å²) < 4.78 is 17.7. The second kappa shape index (κ2) is 4.84. The third-order valence-electron chi connectivity index (χ3n) is 3.15. The van der Waals surface area contributed by atoms with Gasteiger partial charge in [0, 0.05) is 13.1 Å². The van der Waals surface area contributed by atoms with Crippen molar-refractivity contribution in [1.82, 2.24) is 5.32 Å². The molecule has 92 valence electrons. The van der Waals surface area contributed by atoms with Crippen molar-refractivity contribution in [3.63, 3.8) is 0 Å². The number of benzene rings is 1. The first kappa shape index (κ1) is 12.0. The van der Waals surface area contributed by atoms with Gasteiger partial charge in [-0.25, -0.2) is 4.39 Å². The molecule has 1 N–H and O–H groups in total. The number of rotatable bonds is 5. The first-order chi connectivity index (χ1) is 8.16. The van der Waals surface area contributed by atoms with Crippen molar-refractivity contribution in [2.75, 3.05) is 13.7 Å². The molecule has 17 heavy (non-hydrogen) atoms. The first-order valence-electron chi connectivity index (χ1n) is 5.70. The van der Waals surface area contributed by atoms with Crippen LogP contribution in [0.2, 0.25) is 0 Å². The van der Waals surface area contributed by atoms with Crippen LogP contribution in [0.15, 0.2) is 24.3 Å². The van der Waals surface area contributed by atoms with E-state index in [9.17, 15) is 9.18 Å². The molecule has 0 spiro atoms. The third-order valence-corrected chi connectivity index (χ3v) is 3.15. The Kier molecular flexibility index (Phi) is 3.43. The number of carbonyl (C=O) groups excluding carboxylic acids is 1. The van der Waals surface area contributed by atoms with Crippen molar-refractivity contribution < 1.29 is 13.9 Å². The smallest absolute Gasteiger partial charge is 0.313 e. The fraction of sp³-hybridized carbons (Fsp3) is 0.462. The molecule has 0 aromatic heterocycles. The molecule has 0 radical (unpaired) electrons. The zero-order chi connectivity index (χ0) is 12.3. The molecular weight excluding hydrogens is 221 g/mol. The van der Waals surface area contributed by atoms with Crippen LogP contribution in [0.5, 0.6) is 0 Å². The summed E-state index contributed by atoms with van der Waals surface area (Å²) in [5.41, 5.74) is 0.549. The monoisotopic (exact) mass is 237 g/mol. The minimum absolute atomic E-state index is 0.149. The molecule has 0 aliphatic heterocycles. The Morgan fingerprint density at radius 3 is 2.88 bits per heavy atom. The van der Waals surface area contributed by atoms with E-state index in [1.165, 1.54) is 19.2 Å². The number of halogens is 1. The summed E-state index contributed by atoms with van der Waals surface area (Å²) in [4.78, 5) is 11.5. The van der Waals surface area contributed by atoms with Crippen LogP contribution >= 0.6 is 0 Å². The van der Waals surface area contributed by atoms with Crippen LogP contribution in [-0.4, -0.2) is 19.6 Å². The number of esters is 1. The molecule has 0 amide bonds. The Balaban J connectivity index is 1.82. The fourth-order valence-corrected chi connectivity index (χ4v) is 1.91. The molecule has 2 rings (SSSR count). The van der Waals surface area contributed by atoms with E-state index in [4.69, 9.17) is 4.74 Å². The average molecular weight is 237 g/mol. The van der Waals surface area contributed by atoms with Gasteiger partial charge in [-0.05, 0) is 30.5 Å². The molecular formula is C13H16FNO2. The molecule has 1 aliphatic carbocycles. The zero-order valence-corrected chi connectivity index (χ0v) is 9.83. The lowest BCUT2D eigenvalue weighted by Gasteiger charge is -2.13. The highest BCUT2D eigenvalue weighted by Gasteiger charge is 2.50. The lowest BCUT2D eigenvalue weighted by molar-refractivity contribution is -0.146. The fourth-order valence-electron chi connectivity index (χ4n) is 1.91. The first-order valence-corrected chi connectivity index (χ1v) is 5.70. The van der Waals surface area contributed by atoms with Gasteiger partial charge in [0.05, 0.1) is 12.5 Å². The van der Waals surface area contributed by atoms with E-state index in [1.54, 1.807) is 6.07 Å². The summed E-state index contributed by atoms with van der Waals surface area (Å²) >= 11 is 0. The van der Waals surface area contributed by atoms with Crippen LogP contribution < -0.4 is 5.32 Å². The number of carbonyl (C=O) groups is 1. The molecule has 0 atom stereocenters. The standard InChI is InChI=1S/C13H16FNO2/c1-17-12(16)13(5-6-13)9-15-8-10-3-2-4-11(14)7-10/h2-4,7,15H,5-6,8-9H2,1H3. The van der Waals surface area contributed by atoms with Gasteiger partial charge in [-0.15, -0.1) is 0 Å². The summed E-state index contributed by atoms with van der Waals surface area (Å²) in [5.74, 6) is -0.386. The van der Waals surface area contributed by atoms with Gasteiger partial charge in [0.1, 0.15) is 5.82 Å². The van der Waals surface area contributed by atoms with E-state index in [1.807, 2.05) is 6.07 Å². The van der Waals surface area contributed by atoms with Gasteiger partial charge in [0.2, 0.25) is 0 Å². The molecule has 1 saturated carbocycles. The van der Waals surface area contributed by atoms with Gasteiger partial charge in [-0.3, -0.25) is 4.79 Å². The van der Waals surface area contributed by atoms with Crippen molar-refractivity contribution in [3.05, 3.63) is 35.6 Å². The minimum Gasteiger partial charge on any atom is -0.469 e. The van der Waals surface area contributed by atoms with Crippen molar-refractivity contribution in [3.8, 4) is 0 Å². The number of methoxy groups -OCH3 is 1. The van der Waals surface area contributed by atoms with E-state index in [0.29, 0.717) is 13.1 Å². The largest absolute Gasteiger partial charge is 0.469 e. The third kappa shape index (κ3) is 2.82. The van der Waals surface area contributed by atoms with E-state index in [0.717, 1.165) is 18.4 Å². The van der Waals surface area contributed by atoms with Crippen molar-refractivity contribution >= 4 is 5.97 Å². The quantitative estimate of drug-likeness (QED) is 0.794. The normalized spacial score (nSPS) is 16.6. The van der Waals surface area contributed by atoms with Gasteiger partial charge in [-0.2, -0.15) is 0 Å². The second-order valence-electron chi connectivity index (χ2n) is 4.51. The number of hydrogen-bond donors (Lipinski definition) is 1. The molecule has 3 nitrogen and oxygen atoms in total. The Hall–Kier alpha value is -1.42. The highest BCUT2D eigenvalue weighted by atomic mass is 19.1. The minimum atomic E-state index is -0.331. The predicted molar refractivity (Wildman–Crippen MR) is 61.8 cm³/mol. The average Bonchev–Trinajstić information content (AvgIpc) is 3.09. The Bertz CT molecular complexity index is 416. The van der Waals surface area contributed by atoms with Gasteiger partial charge in [-0.1, -0.05) is 12.1 Å². The Morgan fingerprint density at radius 2 is 2.29 bits per heavy atom. The van der Waals surface area contributed by atoms with E-state index >= 15 is 0 Å². The molecule has 0 unspecified atom stereocenters. The predicted octanol–water partition coefficient (Wildman–Crippen LogP) is 1.87. The molecule has 0 saturated heterocycles. The lowest BCUT2D eigenvalue weighted by Crippen LogP contribution is -2.30. The van der Waals surface area contributed by atoms with Crippen LogP contribution in [0.3, 0.4) is 0 Å². The number of nitrogens with one attached hydrogen (secondary N) is 1. The topological polar surface area (TPSA) is 38.3 Å². The van der Waals surface area contributed by atoms with Gasteiger partial charge < -0.3 is 10.1 Å². The van der Waals surface area contributed by atoms with Crippen LogP contribution in [0.25, 0.3) is 0 Å². The van der Waals surface area contributed by atoms with E-state index in [2.05, 4.69) is 5.32 Å². The molecule has 1 aliphatic rings. The van der Waals surface area contributed by atoms with Crippen LogP contribution in [0, 0.1) is 11.2 Å². The van der Waals surface area contributed by atoms with E-state index < -0.39 is 0 Å². The summed E-state index contributed by atoms with van der Waals surface area (Å²) in [6.07, 6.45) is 1.74. The lowest BCUT2D eigenvalue weighted by atomic mass is 10.1. The Morgan fingerprint density at radius 1 is 1.53 bits per heavy atom. The molecule has 1 fully saturated rings. The highest BCUT2D eigenvalue weighted by molar-refractivity contribution is 5.80. The van der Waals surface area contributed by atoms with Crippen LogP contribution in [-0.2, 0) is 16.1 Å². The summed E-state index contributed by atoms with van der Waals surface area (Å²) in [7, 11) is 1.41. The van der Waals surface area contributed by atoms with Crippen LogP contribution in [0.1, 0.15) is 18.4 Å². The van der Waals surface area contributed by atoms with E-state index in [-0.39, 0.29) is 17.2 Å². The number of hydrogen-bond acceptors (Lipinski definition) is 3. The molecule has 1 aromatic rings. The second-order valence-corrected chi connectivity index (χ2v) is 4.51. The molecule has 0 bridgehead atoms. The number of ether oxygens (including phenoxy) is 1. The Labute approximate surface area is 100.0 Å².